The molecular formula is C20H17NO. The monoisotopic (exact) mass is 287 g/mol. The maximum Gasteiger partial charge on any atom is 0.167 e. The molecule has 0 spiro atoms. The molecule has 1 aliphatic carbocycles. The van der Waals surface area contributed by atoms with Crippen molar-refractivity contribution in [3.63, 3.8) is 0 Å². The van der Waals surface area contributed by atoms with Gasteiger partial charge in [-0.15, -0.1) is 0 Å². The number of nitrogens with zero attached hydrogens (tertiary/aromatic N) is 1. The van der Waals surface area contributed by atoms with Crippen molar-refractivity contribution < 1.29 is 4.79 Å². The number of carbonyl (C=O) groups excluding carboxylic acids is 1. The number of anilines is 1. The zero-order chi connectivity index (χ0) is 15.3. The number of hydrogen-bond donors (Lipinski definition) is 0. The van der Waals surface area contributed by atoms with Gasteiger partial charge in [0, 0.05) is 37.2 Å². The number of benzene rings is 3. The third-order valence-corrected chi connectivity index (χ3v) is 4.42. The fourth-order valence-corrected chi connectivity index (χ4v) is 3.48. The van der Waals surface area contributed by atoms with Gasteiger partial charge in [-0.1, -0.05) is 48.6 Å². The van der Waals surface area contributed by atoms with Crippen LogP contribution in [0.5, 0.6) is 0 Å². The van der Waals surface area contributed by atoms with Gasteiger partial charge in [0.1, 0.15) is 0 Å². The van der Waals surface area contributed by atoms with Crippen molar-refractivity contribution >= 4 is 39.1 Å². The average Bonchev–Trinajstić information content (AvgIpc) is 2.54. The van der Waals surface area contributed by atoms with Gasteiger partial charge in [-0.3, -0.25) is 4.79 Å². The van der Waals surface area contributed by atoms with E-state index in [-0.39, 0.29) is 5.78 Å². The van der Waals surface area contributed by atoms with Gasteiger partial charge in [-0.05, 0) is 27.8 Å². The molecule has 0 aliphatic heterocycles. The zero-order valence-corrected chi connectivity index (χ0v) is 12.8. The van der Waals surface area contributed by atoms with E-state index in [0.717, 1.165) is 27.3 Å². The molecule has 3 aromatic rings. The fraction of sp³-hybridized carbons (Fsp3) is 0.150. The molecule has 0 saturated carbocycles. The minimum atomic E-state index is 0.214. The number of carbonyl (C=O) groups is 1. The van der Waals surface area contributed by atoms with Gasteiger partial charge < -0.3 is 4.90 Å². The first-order valence-corrected chi connectivity index (χ1v) is 7.53. The molecule has 2 nitrogen and oxygen atoms in total. The summed E-state index contributed by atoms with van der Waals surface area (Å²) in [6, 6.07) is 14.6. The van der Waals surface area contributed by atoms with Crippen LogP contribution in [0.3, 0.4) is 0 Å². The summed E-state index contributed by atoms with van der Waals surface area (Å²) in [6.07, 6.45) is 4.57. The van der Waals surface area contributed by atoms with Crippen molar-refractivity contribution in [2.75, 3.05) is 19.0 Å². The molecule has 3 aromatic carbocycles. The van der Waals surface area contributed by atoms with Crippen molar-refractivity contribution in [1.29, 1.82) is 0 Å². The molecule has 0 N–H and O–H groups in total. The second-order valence-corrected chi connectivity index (χ2v) is 5.96. The highest BCUT2D eigenvalue weighted by molar-refractivity contribution is 6.25. The van der Waals surface area contributed by atoms with E-state index in [2.05, 4.69) is 55.4 Å². The van der Waals surface area contributed by atoms with Crippen LogP contribution in [0.15, 0.2) is 48.5 Å². The molecule has 0 aromatic heterocycles. The summed E-state index contributed by atoms with van der Waals surface area (Å²) < 4.78 is 0. The molecular weight excluding hydrogens is 270 g/mol. The molecule has 1 aliphatic rings. The summed E-state index contributed by atoms with van der Waals surface area (Å²) in [4.78, 5) is 14.6. The second-order valence-electron chi connectivity index (χ2n) is 5.96. The zero-order valence-electron chi connectivity index (χ0n) is 12.8. The van der Waals surface area contributed by atoms with Crippen LogP contribution in [0, 0.1) is 0 Å². The lowest BCUT2D eigenvalue weighted by Crippen LogP contribution is -2.11. The Bertz CT molecular complexity index is 951. The average molecular weight is 287 g/mol. The number of Topliss-reactive ketones (excluding diaryl/α,β-unsaturated/α-hetero) is 1. The van der Waals surface area contributed by atoms with Crippen LogP contribution in [-0.2, 0) is 0 Å². The summed E-state index contributed by atoms with van der Waals surface area (Å²) in [5.41, 5.74) is 3.12. The SMILES string of the molecule is CN(C)c1cccc2c3c(c4ccccc4c12)C(=O)CC=C3. The largest absolute Gasteiger partial charge is 0.377 e. The Hall–Kier alpha value is -2.61. The van der Waals surface area contributed by atoms with Crippen molar-refractivity contribution in [3.05, 3.63) is 59.7 Å². The summed E-state index contributed by atoms with van der Waals surface area (Å²) in [5.74, 6) is 0.214. The van der Waals surface area contributed by atoms with Crippen LogP contribution in [0.4, 0.5) is 5.69 Å². The molecule has 0 radical (unpaired) electrons. The smallest absolute Gasteiger partial charge is 0.167 e. The van der Waals surface area contributed by atoms with Gasteiger partial charge in [0.2, 0.25) is 0 Å². The first-order chi connectivity index (χ1) is 10.7. The molecule has 0 unspecified atom stereocenters. The normalized spacial score (nSPS) is 13.6. The molecule has 2 heteroatoms. The Labute approximate surface area is 129 Å². The van der Waals surface area contributed by atoms with E-state index in [1.54, 1.807) is 0 Å². The summed E-state index contributed by atoms with van der Waals surface area (Å²) in [6.45, 7) is 0. The van der Waals surface area contributed by atoms with E-state index < -0.39 is 0 Å². The number of fused-ring (bicyclic) bond motifs is 6. The van der Waals surface area contributed by atoms with E-state index in [1.807, 2.05) is 18.2 Å². The first-order valence-electron chi connectivity index (χ1n) is 7.53. The van der Waals surface area contributed by atoms with Crippen molar-refractivity contribution in [2.24, 2.45) is 0 Å². The highest BCUT2D eigenvalue weighted by atomic mass is 16.1. The lowest BCUT2D eigenvalue weighted by atomic mass is 9.85. The molecule has 0 atom stereocenters. The summed E-state index contributed by atoms with van der Waals surface area (Å²) in [5, 5.41) is 4.60. The maximum absolute atomic E-state index is 12.5. The maximum atomic E-state index is 12.5. The highest BCUT2D eigenvalue weighted by Crippen LogP contribution is 2.40. The Morgan fingerprint density at radius 3 is 2.41 bits per heavy atom. The highest BCUT2D eigenvalue weighted by Gasteiger charge is 2.21. The van der Waals surface area contributed by atoms with Crippen molar-refractivity contribution in [1.82, 2.24) is 0 Å². The molecule has 22 heavy (non-hydrogen) atoms. The van der Waals surface area contributed by atoms with Crippen LogP contribution < -0.4 is 4.90 Å². The van der Waals surface area contributed by atoms with Gasteiger partial charge in [0.05, 0.1) is 0 Å². The summed E-state index contributed by atoms with van der Waals surface area (Å²) >= 11 is 0. The quantitative estimate of drug-likeness (QED) is 0.607. The van der Waals surface area contributed by atoms with Crippen LogP contribution in [0.25, 0.3) is 27.6 Å². The third kappa shape index (κ3) is 1.70. The molecule has 0 amide bonds. The number of hydrogen-bond acceptors (Lipinski definition) is 2. The van der Waals surface area contributed by atoms with Crippen LogP contribution >= 0.6 is 0 Å². The molecule has 0 fully saturated rings. The molecule has 108 valence electrons. The third-order valence-electron chi connectivity index (χ3n) is 4.42. The van der Waals surface area contributed by atoms with Crippen LogP contribution in [0.1, 0.15) is 22.3 Å². The Morgan fingerprint density at radius 2 is 1.64 bits per heavy atom. The molecule has 0 heterocycles. The second kappa shape index (κ2) is 4.70. The molecule has 4 rings (SSSR count). The number of rotatable bonds is 1. The van der Waals surface area contributed by atoms with E-state index in [4.69, 9.17) is 0 Å². The standard InChI is InChI=1S/C20H17NO/c1-21(2)17-11-5-9-14-16-10-6-12-18(22)20(16)15-8-4-3-7-13(15)19(14)17/h3-11H,12H2,1-2H3. The first kappa shape index (κ1) is 13.1. The van der Waals surface area contributed by atoms with Crippen LogP contribution in [0.2, 0.25) is 0 Å². The van der Waals surface area contributed by atoms with Gasteiger partial charge >= 0.3 is 0 Å². The number of allylic oxidation sites excluding steroid dienone is 1. The van der Waals surface area contributed by atoms with Crippen molar-refractivity contribution in [3.8, 4) is 0 Å². The van der Waals surface area contributed by atoms with E-state index in [9.17, 15) is 4.79 Å². The fourth-order valence-electron chi connectivity index (χ4n) is 3.48. The minimum Gasteiger partial charge on any atom is -0.377 e. The lowest BCUT2D eigenvalue weighted by molar-refractivity contribution is 0.0996. The minimum absolute atomic E-state index is 0.214. The number of ketones is 1. The van der Waals surface area contributed by atoms with Crippen molar-refractivity contribution in [2.45, 2.75) is 6.42 Å². The predicted octanol–water partition coefficient (Wildman–Crippen LogP) is 4.66. The van der Waals surface area contributed by atoms with Gasteiger partial charge in [0.15, 0.2) is 5.78 Å². The van der Waals surface area contributed by atoms with Gasteiger partial charge in [-0.2, -0.15) is 0 Å². The van der Waals surface area contributed by atoms with Gasteiger partial charge in [-0.25, -0.2) is 0 Å². The van der Waals surface area contributed by atoms with Gasteiger partial charge in [0.25, 0.3) is 0 Å². The Morgan fingerprint density at radius 1 is 0.909 bits per heavy atom. The van der Waals surface area contributed by atoms with E-state index >= 15 is 0 Å². The molecule has 0 bridgehead atoms. The Balaban J connectivity index is 2.33. The van der Waals surface area contributed by atoms with E-state index in [0.29, 0.717) is 6.42 Å². The Kier molecular flexibility index (Phi) is 2.80. The summed E-state index contributed by atoms with van der Waals surface area (Å²) in [7, 11) is 4.12. The van der Waals surface area contributed by atoms with Crippen LogP contribution in [-0.4, -0.2) is 19.9 Å². The molecule has 0 saturated heterocycles. The predicted molar refractivity (Wildman–Crippen MR) is 93.8 cm³/mol. The topological polar surface area (TPSA) is 20.3 Å². The lowest BCUT2D eigenvalue weighted by Gasteiger charge is -2.21. The van der Waals surface area contributed by atoms with E-state index in [1.165, 1.54) is 11.1 Å².